The number of allylic oxidation sites excluding steroid dienone is 1. The maximum absolute atomic E-state index is 9.69. The van der Waals surface area contributed by atoms with E-state index in [2.05, 4.69) is 22.7 Å². The molecule has 1 aromatic carbocycles. The lowest BCUT2D eigenvalue weighted by Crippen LogP contribution is -2.44. The second-order valence-corrected chi connectivity index (χ2v) is 7.41. The number of likely N-dealkylation sites (tertiary alicyclic amines) is 1. The Labute approximate surface area is 147 Å². The number of nitrogens with zero attached hydrogens (tertiary/aromatic N) is 1. The van der Waals surface area contributed by atoms with Crippen LogP contribution >= 0.6 is 0 Å². The molecular weight excluding hydrogens is 318 g/mol. The molecule has 0 aromatic heterocycles. The minimum absolute atomic E-state index is 0.0291. The van der Waals surface area contributed by atoms with Crippen LogP contribution in [0.5, 0.6) is 5.75 Å². The fraction of sp³-hybridized carbons (Fsp3) is 0.500. The molecule has 1 saturated carbocycles. The van der Waals surface area contributed by atoms with Crippen molar-refractivity contribution >= 4 is 11.4 Å². The molecule has 25 heavy (non-hydrogen) atoms. The van der Waals surface area contributed by atoms with Crippen LogP contribution in [0.15, 0.2) is 30.0 Å². The highest BCUT2D eigenvalue weighted by Crippen LogP contribution is 2.40. The fourth-order valence-electron chi connectivity index (χ4n) is 3.28. The minimum Gasteiger partial charge on any atom is -0.488 e. The summed E-state index contributed by atoms with van der Waals surface area (Å²) in [7, 11) is 0. The summed E-state index contributed by atoms with van der Waals surface area (Å²) in [6, 6.07) is 5.50. The van der Waals surface area contributed by atoms with Crippen molar-refractivity contribution in [3.8, 4) is 5.75 Å². The average Bonchev–Trinajstić information content (AvgIpc) is 3.00. The molecule has 1 aliphatic carbocycles. The Kier molecular flexibility index (Phi) is 3.94. The lowest BCUT2D eigenvalue weighted by molar-refractivity contribution is 0.160. The summed E-state index contributed by atoms with van der Waals surface area (Å²) in [6.45, 7) is 3.57. The van der Waals surface area contributed by atoms with Gasteiger partial charge in [0.25, 0.3) is 0 Å². The van der Waals surface area contributed by atoms with Gasteiger partial charge >= 0.3 is 0 Å². The highest BCUT2D eigenvalue weighted by Gasteiger charge is 2.40. The molecule has 1 unspecified atom stereocenters. The molecule has 0 spiro atoms. The van der Waals surface area contributed by atoms with E-state index in [0.717, 1.165) is 31.6 Å². The number of rotatable bonds is 5. The van der Waals surface area contributed by atoms with Crippen molar-refractivity contribution in [3.05, 3.63) is 35.5 Å². The van der Waals surface area contributed by atoms with Crippen LogP contribution < -0.4 is 21.3 Å². The zero-order chi connectivity index (χ0) is 17.6. The summed E-state index contributed by atoms with van der Waals surface area (Å²) in [5, 5.41) is 18.2. The van der Waals surface area contributed by atoms with Crippen LogP contribution in [0, 0.1) is 5.41 Å². The second kappa shape index (κ2) is 6.01. The summed E-state index contributed by atoms with van der Waals surface area (Å²) in [6.07, 6.45) is 4.57. The Morgan fingerprint density at radius 3 is 2.92 bits per heavy atom. The maximum Gasteiger partial charge on any atom is 0.120 e. The number of hydrogen-bond acceptors (Lipinski definition) is 7. The molecular formula is C18H25N5O2. The molecule has 0 radical (unpaired) electrons. The van der Waals surface area contributed by atoms with E-state index in [0.29, 0.717) is 29.2 Å². The van der Waals surface area contributed by atoms with E-state index in [9.17, 15) is 5.11 Å². The van der Waals surface area contributed by atoms with Crippen LogP contribution in [-0.4, -0.2) is 46.7 Å². The summed E-state index contributed by atoms with van der Waals surface area (Å²) in [5.74, 6) is 0.750. The van der Waals surface area contributed by atoms with E-state index in [1.807, 2.05) is 18.2 Å². The average molecular weight is 343 g/mol. The predicted octanol–water partition coefficient (Wildman–Crippen LogP) is 0.952. The molecule has 0 bridgehead atoms. The molecule has 2 aliphatic heterocycles. The van der Waals surface area contributed by atoms with E-state index < -0.39 is 0 Å². The van der Waals surface area contributed by atoms with Crippen molar-refractivity contribution in [3.63, 3.8) is 0 Å². The van der Waals surface area contributed by atoms with Crippen LogP contribution in [0.2, 0.25) is 0 Å². The van der Waals surface area contributed by atoms with Crippen molar-refractivity contribution in [2.24, 2.45) is 0 Å². The number of nitrogens with two attached hydrogens (primary N) is 1. The third kappa shape index (κ3) is 3.35. The third-order valence-corrected chi connectivity index (χ3v) is 5.15. The largest absolute Gasteiger partial charge is 0.488 e. The number of nitrogen functional groups attached to an aromatic ring is 1. The van der Waals surface area contributed by atoms with Crippen LogP contribution in [0.25, 0.3) is 0 Å². The van der Waals surface area contributed by atoms with Gasteiger partial charge in [-0.2, -0.15) is 0 Å². The first kappa shape index (κ1) is 16.4. The van der Waals surface area contributed by atoms with Crippen molar-refractivity contribution < 1.29 is 9.84 Å². The third-order valence-electron chi connectivity index (χ3n) is 5.15. The lowest BCUT2D eigenvalue weighted by Gasteiger charge is -2.21. The van der Waals surface area contributed by atoms with Crippen LogP contribution in [0.3, 0.4) is 0 Å². The van der Waals surface area contributed by atoms with E-state index in [-0.39, 0.29) is 17.9 Å². The molecule has 2 atom stereocenters. The van der Waals surface area contributed by atoms with Gasteiger partial charge in [-0.05, 0) is 50.5 Å². The van der Waals surface area contributed by atoms with Crippen molar-refractivity contribution in [1.82, 2.24) is 15.8 Å². The first-order valence-corrected chi connectivity index (χ1v) is 8.77. The van der Waals surface area contributed by atoms with E-state index in [1.54, 1.807) is 6.07 Å². The summed E-state index contributed by atoms with van der Waals surface area (Å²) in [5.41, 5.74) is 14.5. The predicted molar refractivity (Wildman–Crippen MR) is 96.3 cm³/mol. The number of ether oxygens (including phenoxy) is 1. The van der Waals surface area contributed by atoms with Crippen LogP contribution in [-0.2, 0) is 0 Å². The number of benzene rings is 1. The molecule has 2 fully saturated rings. The van der Waals surface area contributed by atoms with Gasteiger partial charge in [-0.15, -0.1) is 0 Å². The quantitative estimate of drug-likeness (QED) is 0.403. The number of β-amino-alcohol motifs (C(OH)–C–C–N with tert-alkyl or cyclic N) is 1. The number of aliphatic hydroxyl groups excluding tert-OH is 1. The maximum atomic E-state index is 9.69. The van der Waals surface area contributed by atoms with Crippen molar-refractivity contribution in [1.29, 1.82) is 5.41 Å². The molecule has 4 rings (SSSR count). The number of nitrogens with one attached hydrogen (secondary N) is 3. The number of anilines is 1. The molecule has 3 aliphatic rings. The Morgan fingerprint density at radius 2 is 2.24 bits per heavy atom. The number of hydrogen-bond donors (Lipinski definition) is 5. The van der Waals surface area contributed by atoms with E-state index in [1.165, 1.54) is 0 Å². The van der Waals surface area contributed by atoms with Gasteiger partial charge in [-0.3, -0.25) is 10.3 Å². The van der Waals surface area contributed by atoms with Gasteiger partial charge in [-0.25, -0.2) is 5.43 Å². The zero-order valence-corrected chi connectivity index (χ0v) is 14.4. The highest BCUT2D eigenvalue weighted by molar-refractivity contribution is 6.13. The second-order valence-electron chi connectivity index (χ2n) is 7.41. The van der Waals surface area contributed by atoms with Gasteiger partial charge in [0.2, 0.25) is 0 Å². The fourth-order valence-corrected chi connectivity index (χ4v) is 3.28. The Balaban J connectivity index is 1.51. The van der Waals surface area contributed by atoms with E-state index in [4.69, 9.17) is 15.9 Å². The van der Waals surface area contributed by atoms with Gasteiger partial charge in [0, 0.05) is 24.3 Å². The van der Waals surface area contributed by atoms with Gasteiger partial charge in [0.15, 0.2) is 0 Å². The SMILES string of the molecule is CC1(Oc2ccc(N)c(C(=N)C3=CC(N4CC[C@@H](O)C4)NN3)c2)CC1. The minimum atomic E-state index is -0.271. The Hall–Kier alpha value is -2.09. The van der Waals surface area contributed by atoms with Gasteiger partial charge in [0.1, 0.15) is 11.4 Å². The summed E-state index contributed by atoms with van der Waals surface area (Å²) < 4.78 is 5.99. The standard InChI is InChI=1S/C18H25N5O2/c1-18(5-6-18)25-12-2-3-14(19)13(8-12)17(20)15-9-16(22-21-15)23-7-4-11(24)10-23/h2-3,8-9,11,16,20-22,24H,4-7,10,19H2,1H3/t11-,16?/m1/s1. The van der Waals surface area contributed by atoms with Gasteiger partial charge < -0.3 is 21.0 Å². The lowest BCUT2D eigenvalue weighted by atomic mass is 10.0. The Bertz CT molecular complexity index is 728. The molecule has 1 aromatic rings. The van der Waals surface area contributed by atoms with Crippen LogP contribution in [0.4, 0.5) is 5.69 Å². The normalized spacial score (nSPS) is 27.7. The van der Waals surface area contributed by atoms with Gasteiger partial charge in [-0.1, -0.05) is 0 Å². The smallest absolute Gasteiger partial charge is 0.120 e. The topological polar surface area (TPSA) is 107 Å². The first-order valence-electron chi connectivity index (χ1n) is 8.77. The molecule has 1 saturated heterocycles. The summed E-state index contributed by atoms with van der Waals surface area (Å²) >= 11 is 0. The summed E-state index contributed by atoms with van der Waals surface area (Å²) in [4.78, 5) is 2.15. The monoisotopic (exact) mass is 343 g/mol. The molecule has 134 valence electrons. The molecule has 7 nitrogen and oxygen atoms in total. The molecule has 2 heterocycles. The first-order chi connectivity index (χ1) is 11.9. The Morgan fingerprint density at radius 1 is 1.44 bits per heavy atom. The molecule has 6 N–H and O–H groups in total. The van der Waals surface area contributed by atoms with E-state index >= 15 is 0 Å². The van der Waals surface area contributed by atoms with Crippen LogP contribution in [0.1, 0.15) is 31.7 Å². The van der Waals surface area contributed by atoms with Gasteiger partial charge in [0.05, 0.1) is 23.7 Å². The van der Waals surface area contributed by atoms with Crippen molar-refractivity contribution in [2.75, 3.05) is 18.8 Å². The highest BCUT2D eigenvalue weighted by atomic mass is 16.5. The molecule has 7 heteroatoms. The molecule has 0 amide bonds. The number of aliphatic hydroxyl groups is 1. The zero-order valence-electron chi connectivity index (χ0n) is 14.4. The van der Waals surface area contributed by atoms with Crippen molar-refractivity contribution in [2.45, 2.75) is 44.1 Å². The number of hydrazine groups is 1.